The van der Waals surface area contributed by atoms with Gasteiger partial charge in [-0.15, -0.1) is 11.3 Å². The van der Waals surface area contributed by atoms with Crippen molar-refractivity contribution in [2.45, 2.75) is 6.92 Å². The number of Topliss-reactive ketones (excluding diaryl/α,β-unsaturated/α-hetero) is 1. The second-order valence-electron chi connectivity index (χ2n) is 2.76. The highest BCUT2D eigenvalue weighted by Crippen LogP contribution is 2.29. The Balaban J connectivity index is 2.76. The summed E-state index contributed by atoms with van der Waals surface area (Å²) in [5.41, 5.74) is 5.43. The van der Waals surface area contributed by atoms with E-state index < -0.39 is 0 Å². The molecule has 2 heterocycles. The van der Waals surface area contributed by atoms with Crippen LogP contribution < -0.4 is 5.73 Å². The Labute approximate surface area is 88.7 Å². The SMILES string of the molecule is CC(=O)c1cc2c(Cl)nc(N)nc2s1. The van der Waals surface area contributed by atoms with Crippen LogP contribution in [0.2, 0.25) is 5.15 Å². The highest BCUT2D eigenvalue weighted by molar-refractivity contribution is 7.20. The molecule has 72 valence electrons. The standard InChI is InChI=1S/C8H6ClN3OS/c1-3(13)5-2-4-6(9)11-8(10)12-7(4)14-5/h2H,1H3,(H2,10,11,12). The first-order valence-electron chi connectivity index (χ1n) is 3.81. The lowest BCUT2D eigenvalue weighted by molar-refractivity contribution is 0.102. The van der Waals surface area contributed by atoms with Crippen molar-refractivity contribution in [3.05, 3.63) is 16.1 Å². The summed E-state index contributed by atoms with van der Waals surface area (Å²) in [6.07, 6.45) is 0. The predicted molar refractivity (Wildman–Crippen MR) is 56.8 cm³/mol. The monoisotopic (exact) mass is 227 g/mol. The maximum atomic E-state index is 11.1. The van der Waals surface area contributed by atoms with Gasteiger partial charge in [-0.05, 0) is 13.0 Å². The van der Waals surface area contributed by atoms with Gasteiger partial charge in [-0.25, -0.2) is 9.97 Å². The molecular weight excluding hydrogens is 222 g/mol. The molecule has 0 unspecified atom stereocenters. The fraction of sp³-hybridized carbons (Fsp3) is 0.125. The van der Waals surface area contributed by atoms with Crippen LogP contribution in [0.15, 0.2) is 6.07 Å². The number of thiophene rings is 1. The molecule has 2 aromatic rings. The second-order valence-corrected chi connectivity index (χ2v) is 4.15. The molecule has 0 atom stereocenters. The Morgan fingerprint density at radius 2 is 2.29 bits per heavy atom. The normalized spacial score (nSPS) is 10.7. The summed E-state index contributed by atoms with van der Waals surface area (Å²) >= 11 is 7.11. The molecule has 0 radical (unpaired) electrons. The molecule has 2 rings (SSSR count). The Kier molecular flexibility index (Phi) is 2.13. The molecule has 2 N–H and O–H groups in total. The quantitative estimate of drug-likeness (QED) is 0.599. The highest BCUT2D eigenvalue weighted by atomic mass is 35.5. The van der Waals surface area contributed by atoms with Crippen LogP contribution in [0, 0.1) is 0 Å². The largest absolute Gasteiger partial charge is 0.368 e. The number of nitrogen functional groups attached to an aromatic ring is 1. The van der Waals surface area contributed by atoms with Gasteiger partial charge in [-0.2, -0.15) is 0 Å². The lowest BCUT2D eigenvalue weighted by atomic mass is 10.3. The Bertz CT molecular complexity index is 523. The van der Waals surface area contributed by atoms with E-state index >= 15 is 0 Å². The molecule has 0 aliphatic carbocycles. The van der Waals surface area contributed by atoms with Gasteiger partial charge in [0.15, 0.2) is 5.78 Å². The van der Waals surface area contributed by atoms with Crippen molar-refractivity contribution in [3.8, 4) is 0 Å². The molecule has 0 saturated heterocycles. The van der Waals surface area contributed by atoms with Gasteiger partial charge < -0.3 is 5.73 Å². The van der Waals surface area contributed by atoms with Crippen molar-refractivity contribution in [1.29, 1.82) is 0 Å². The zero-order chi connectivity index (χ0) is 10.3. The number of hydrogen-bond acceptors (Lipinski definition) is 5. The number of rotatable bonds is 1. The van der Waals surface area contributed by atoms with E-state index in [0.29, 0.717) is 15.1 Å². The van der Waals surface area contributed by atoms with Crippen LogP contribution in [0.4, 0.5) is 5.95 Å². The number of nitrogens with two attached hydrogens (primary N) is 1. The number of nitrogens with zero attached hydrogens (tertiary/aromatic N) is 2. The summed E-state index contributed by atoms with van der Waals surface area (Å²) < 4.78 is 0. The molecule has 0 amide bonds. The van der Waals surface area contributed by atoms with Gasteiger partial charge in [0.1, 0.15) is 9.98 Å². The summed E-state index contributed by atoms with van der Waals surface area (Å²) in [6.45, 7) is 1.50. The van der Waals surface area contributed by atoms with E-state index in [2.05, 4.69) is 9.97 Å². The van der Waals surface area contributed by atoms with Gasteiger partial charge in [-0.3, -0.25) is 4.79 Å². The maximum absolute atomic E-state index is 11.1. The molecule has 0 fully saturated rings. The van der Waals surface area contributed by atoms with Gasteiger partial charge in [0.05, 0.1) is 4.88 Å². The second kappa shape index (κ2) is 3.18. The third kappa shape index (κ3) is 1.44. The molecule has 4 nitrogen and oxygen atoms in total. The van der Waals surface area contributed by atoms with E-state index in [9.17, 15) is 4.79 Å². The first-order valence-corrected chi connectivity index (χ1v) is 5.01. The summed E-state index contributed by atoms with van der Waals surface area (Å²) in [5, 5.41) is 0.965. The third-order valence-corrected chi connectivity index (χ3v) is 3.13. The fourth-order valence-electron chi connectivity index (χ4n) is 1.08. The molecule has 14 heavy (non-hydrogen) atoms. The van der Waals surface area contributed by atoms with E-state index in [4.69, 9.17) is 17.3 Å². The molecule has 0 saturated carbocycles. The summed E-state index contributed by atoms with van der Waals surface area (Å²) in [4.78, 5) is 20.1. The van der Waals surface area contributed by atoms with Crippen molar-refractivity contribution in [1.82, 2.24) is 9.97 Å². The number of carbonyl (C=O) groups is 1. The van der Waals surface area contributed by atoms with Crippen molar-refractivity contribution in [3.63, 3.8) is 0 Å². The number of carbonyl (C=O) groups excluding carboxylic acids is 1. The number of ketones is 1. The fourth-order valence-corrected chi connectivity index (χ4v) is 2.30. The van der Waals surface area contributed by atoms with Crippen LogP contribution in [0.1, 0.15) is 16.6 Å². The van der Waals surface area contributed by atoms with Crippen LogP contribution in [0.3, 0.4) is 0 Å². The lowest BCUT2D eigenvalue weighted by Gasteiger charge is -1.93. The minimum atomic E-state index is -0.0114. The van der Waals surface area contributed by atoms with Gasteiger partial charge in [-0.1, -0.05) is 11.6 Å². The van der Waals surface area contributed by atoms with E-state index in [1.807, 2.05) is 0 Å². The minimum Gasteiger partial charge on any atom is -0.368 e. The summed E-state index contributed by atoms with van der Waals surface area (Å²) in [6, 6.07) is 1.68. The number of anilines is 1. The van der Waals surface area contributed by atoms with Crippen LogP contribution in [-0.2, 0) is 0 Å². The van der Waals surface area contributed by atoms with Gasteiger partial charge in [0, 0.05) is 5.39 Å². The summed E-state index contributed by atoms with van der Waals surface area (Å²) in [7, 11) is 0. The summed E-state index contributed by atoms with van der Waals surface area (Å²) in [5.74, 6) is 0.113. The Morgan fingerprint density at radius 1 is 1.57 bits per heavy atom. The van der Waals surface area contributed by atoms with E-state index in [1.54, 1.807) is 6.07 Å². The maximum Gasteiger partial charge on any atom is 0.222 e. The van der Waals surface area contributed by atoms with E-state index in [-0.39, 0.29) is 16.9 Å². The number of hydrogen-bond donors (Lipinski definition) is 1. The van der Waals surface area contributed by atoms with Crippen LogP contribution >= 0.6 is 22.9 Å². The first kappa shape index (κ1) is 9.36. The zero-order valence-corrected chi connectivity index (χ0v) is 8.82. The van der Waals surface area contributed by atoms with Gasteiger partial charge >= 0.3 is 0 Å². The van der Waals surface area contributed by atoms with Crippen LogP contribution in [0.5, 0.6) is 0 Å². The van der Waals surface area contributed by atoms with Crippen LogP contribution in [-0.4, -0.2) is 15.8 Å². The van der Waals surface area contributed by atoms with Crippen molar-refractivity contribution < 1.29 is 4.79 Å². The molecule has 0 spiro atoms. The first-order chi connectivity index (χ1) is 6.58. The number of aromatic nitrogens is 2. The molecule has 0 aliphatic heterocycles. The molecule has 6 heteroatoms. The van der Waals surface area contributed by atoms with Crippen LogP contribution in [0.25, 0.3) is 10.2 Å². The molecular formula is C8H6ClN3OS. The Morgan fingerprint density at radius 3 is 2.93 bits per heavy atom. The third-order valence-electron chi connectivity index (χ3n) is 1.71. The molecule has 2 aromatic heterocycles. The van der Waals surface area contributed by atoms with Crippen molar-refractivity contribution in [2.75, 3.05) is 5.73 Å². The molecule has 0 aromatic carbocycles. The van der Waals surface area contributed by atoms with Crippen molar-refractivity contribution in [2.24, 2.45) is 0 Å². The van der Waals surface area contributed by atoms with E-state index in [1.165, 1.54) is 18.3 Å². The smallest absolute Gasteiger partial charge is 0.222 e. The number of halogens is 1. The molecule has 0 bridgehead atoms. The highest BCUT2D eigenvalue weighted by Gasteiger charge is 2.11. The lowest BCUT2D eigenvalue weighted by Crippen LogP contribution is -1.93. The van der Waals surface area contributed by atoms with E-state index in [0.717, 1.165) is 0 Å². The van der Waals surface area contributed by atoms with Gasteiger partial charge in [0.2, 0.25) is 5.95 Å². The average molecular weight is 228 g/mol. The zero-order valence-electron chi connectivity index (χ0n) is 7.24. The topological polar surface area (TPSA) is 68.9 Å². The molecule has 0 aliphatic rings. The van der Waals surface area contributed by atoms with Crippen molar-refractivity contribution >= 4 is 44.9 Å². The average Bonchev–Trinajstić information content (AvgIpc) is 2.47. The predicted octanol–water partition coefficient (Wildman–Crippen LogP) is 2.13. The Hall–Kier alpha value is -1.20. The minimum absolute atomic E-state index is 0.0114. The number of fused-ring (bicyclic) bond motifs is 1. The van der Waals surface area contributed by atoms with Gasteiger partial charge in [0.25, 0.3) is 0 Å².